The lowest BCUT2D eigenvalue weighted by molar-refractivity contribution is 0.184. The molecule has 0 aliphatic carbocycles. The third-order valence-electron chi connectivity index (χ3n) is 4.42. The molecule has 1 aromatic carbocycles. The second-order valence-corrected chi connectivity index (χ2v) is 11.6. The van der Waals surface area contributed by atoms with Crippen LogP contribution in [0.15, 0.2) is 29.4 Å². The number of thiazole rings is 1. The van der Waals surface area contributed by atoms with Crippen LogP contribution in [0.25, 0.3) is 10.3 Å². The molecule has 2 heterocycles. The van der Waals surface area contributed by atoms with E-state index in [1.165, 1.54) is 23.1 Å². The van der Waals surface area contributed by atoms with Crippen LogP contribution < -0.4 is 11.1 Å². The van der Waals surface area contributed by atoms with E-state index in [-0.39, 0.29) is 23.8 Å². The van der Waals surface area contributed by atoms with E-state index in [1.807, 2.05) is 45.0 Å². The second kappa shape index (κ2) is 10.6. The first kappa shape index (κ1) is 25.2. The fourth-order valence-corrected chi connectivity index (χ4v) is 5.51. The highest BCUT2D eigenvalue weighted by Crippen LogP contribution is 2.39. The molecule has 0 bridgehead atoms. The fourth-order valence-electron chi connectivity index (χ4n) is 3.12. The molecular formula is C19H25ClN5O4PS2. The zero-order valence-corrected chi connectivity index (χ0v) is 21.0. The van der Waals surface area contributed by atoms with Gasteiger partial charge in [-0.3, -0.25) is 4.52 Å². The average molecular weight is 518 g/mol. The molecule has 0 aliphatic heterocycles. The number of nitrogen functional groups attached to an aromatic ring is 1. The molecule has 3 aromatic rings. The quantitative estimate of drug-likeness (QED) is 0.162. The van der Waals surface area contributed by atoms with Gasteiger partial charge in [0.25, 0.3) is 0 Å². The third kappa shape index (κ3) is 7.02. The van der Waals surface area contributed by atoms with E-state index in [2.05, 4.69) is 20.3 Å². The predicted octanol–water partition coefficient (Wildman–Crippen LogP) is 5.11. The Morgan fingerprint density at radius 2 is 1.97 bits per heavy atom. The Balaban J connectivity index is 1.91. The van der Waals surface area contributed by atoms with E-state index in [4.69, 9.17) is 31.6 Å². The number of nitrogens with one attached hydrogen (secondary N) is 1. The molecule has 0 spiro atoms. The van der Waals surface area contributed by atoms with E-state index in [1.54, 1.807) is 0 Å². The van der Waals surface area contributed by atoms with Crippen molar-refractivity contribution in [2.24, 2.45) is 5.92 Å². The Hall–Kier alpha value is -1.46. The zero-order chi connectivity index (χ0) is 23.5. The van der Waals surface area contributed by atoms with Gasteiger partial charge in [0.1, 0.15) is 4.70 Å². The van der Waals surface area contributed by atoms with Crippen LogP contribution in [0, 0.1) is 5.92 Å². The highest BCUT2D eigenvalue weighted by molar-refractivity contribution is 7.99. The minimum Gasteiger partial charge on any atom is -0.375 e. The number of hydrogen-bond acceptors (Lipinski definition) is 9. The molecule has 3 rings (SSSR count). The number of fused-ring (bicyclic) bond motifs is 1. The van der Waals surface area contributed by atoms with Crippen molar-refractivity contribution in [2.45, 2.75) is 43.6 Å². The lowest BCUT2D eigenvalue weighted by Crippen LogP contribution is -2.27. The standard InChI is InChI=1S/C19H25ClN5O4PS2/c1-10(2)8-12(9-29-30(26,27)28)22-16-15-17(23-18(21)32-15)25-19(24-16)31-11(3)13-6-4-5-7-14(13)20/h4-7,10-12H,8-9H2,1-3H3,(H2,26,27,28)(H3,21,22,23,24,25)/t11?,12-/m1/s1. The van der Waals surface area contributed by atoms with Crippen LogP contribution in [-0.4, -0.2) is 37.4 Å². The molecular weight excluding hydrogens is 493 g/mol. The molecule has 13 heteroatoms. The number of hydrogen-bond donors (Lipinski definition) is 4. The summed E-state index contributed by atoms with van der Waals surface area (Å²) in [4.78, 5) is 31.7. The number of phosphoric acid groups is 1. The lowest BCUT2D eigenvalue weighted by Gasteiger charge is -2.22. The van der Waals surface area contributed by atoms with Gasteiger partial charge in [-0.2, -0.15) is 0 Å². The molecule has 1 unspecified atom stereocenters. The van der Waals surface area contributed by atoms with E-state index in [0.29, 0.717) is 37.9 Å². The number of halogens is 1. The van der Waals surface area contributed by atoms with Gasteiger partial charge >= 0.3 is 7.82 Å². The van der Waals surface area contributed by atoms with Crippen molar-refractivity contribution >= 4 is 63.8 Å². The van der Waals surface area contributed by atoms with E-state index in [9.17, 15) is 4.57 Å². The molecule has 32 heavy (non-hydrogen) atoms. The van der Waals surface area contributed by atoms with Crippen molar-refractivity contribution in [3.05, 3.63) is 34.9 Å². The summed E-state index contributed by atoms with van der Waals surface area (Å²) in [6.45, 7) is 5.86. The van der Waals surface area contributed by atoms with Crippen molar-refractivity contribution in [1.82, 2.24) is 15.0 Å². The summed E-state index contributed by atoms with van der Waals surface area (Å²) in [6.07, 6.45) is 0.609. The summed E-state index contributed by atoms with van der Waals surface area (Å²) in [6, 6.07) is 7.21. The van der Waals surface area contributed by atoms with Gasteiger partial charge < -0.3 is 20.8 Å². The summed E-state index contributed by atoms with van der Waals surface area (Å²) >= 11 is 9.01. The molecule has 5 N–H and O–H groups in total. The Morgan fingerprint density at radius 1 is 1.25 bits per heavy atom. The van der Waals surface area contributed by atoms with Gasteiger partial charge in [-0.15, -0.1) is 0 Å². The molecule has 2 aromatic heterocycles. The van der Waals surface area contributed by atoms with Gasteiger partial charge in [0.05, 0.1) is 12.6 Å². The van der Waals surface area contributed by atoms with Gasteiger partial charge in [-0.05, 0) is 30.9 Å². The molecule has 9 nitrogen and oxygen atoms in total. The summed E-state index contributed by atoms with van der Waals surface area (Å²) in [7, 11) is -4.60. The molecule has 0 saturated heterocycles. The first-order valence-electron chi connectivity index (χ1n) is 9.83. The van der Waals surface area contributed by atoms with Crippen molar-refractivity contribution in [1.29, 1.82) is 0 Å². The smallest absolute Gasteiger partial charge is 0.375 e. The fraction of sp³-hybridized carbons (Fsp3) is 0.421. The first-order chi connectivity index (χ1) is 15.0. The molecule has 0 saturated carbocycles. The Morgan fingerprint density at radius 3 is 2.62 bits per heavy atom. The van der Waals surface area contributed by atoms with Crippen LogP contribution in [0.4, 0.5) is 10.9 Å². The maximum Gasteiger partial charge on any atom is 0.469 e. The molecule has 0 radical (unpaired) electrons. The van der Waals surface area contributed by atoms with Crippen LogP contribution in [0.2, 0.25) is 5.02 Å². The Kier molecular flexibility index (Phi) is 8.37. The Bertz CT molecular complexity index is 1130. The number of nitrogens with two attached hydrogens (primary N) is 1. The van der Waals surface area contributed by atoms with Crippen LogP contribution in [-0.2, 0) is 9.09 Å². The maximum atomic E-state index is 11.2. The number of nitrogens with zero attached hydrogens (tertiary/aromatic N) is 3. The number of aromatic nitrogens is 3. The average Bonchev–Trinajstić information content (AvgIpc) is 3.06. The van der Waals surface area contributed by atoms with Gasteiger partial charge in [0.2, 0.25) is 0 Å². The number of phosphoric ester groups is 1. The van der Waals surface area contributed by atoms with E-state index in [0.717, 1.165) is 5.56 Å². The highest BCUT2D eigenvalue weighted by Gasteiger charge is 2.22. The minimum atomic E-state index is -4.60. The summed E-state index contributed by atoms with van der Waals surface area (Å²) < 4.78 is 16.6. The summed E-state index contributed by atoms with van der Waals surface area (Å²) in [5.41, 5.74) is 7.33. The molecule has 0 aliphatic rings. The summed E-state index contributed by atoms with van der Waals surface area (Å²) in [5.74, 6) is 0.754. The third-order valence-corrected chi connectivity index (χ3v) is 7.13. The van der Waals surface area contributed by atoms with Crippen molar-refractivity contribution < 1.29 is 18.9 Å². The number of anilines is 2. The summed E-state index contributed by atoms with van der Waals surface area (Å²) in [5, 5.41) is 4.74. The van der Waals surface area contributed by atoms with Crippen LogP contribution >= 0.6 is 42.5 Å². The highest BCUT2D eigenvalue weighted by atomic mass is 35.5. The molecule has 2 atom stereocenters. The van der Waals surface area contributed by atoms with Gasteiger partial charge in [-0.25, -0.2) is 19.5 Å². The van der Waals surface area contributed by atoms with Gasteiger partial charge in [0.15, 0.2) is 21.8 Å². The first-order valence-corrected chi connectivity index (χ1v) is 13.4. The van der Waals surface area contributed by atoms with Crippen LogP contribution in [0.5, 0.6) is 0 Å². The van der Waals surface area contributed by atoms with E-state index >= 15 is 0 Å². The predicted molar refractivity (Wildman–Crippen MR) is 130 cm³/mol. The second-order valence-electron chi connectivity index (χ2n) is 7.60. The molecule has 0 amide bonds. The number of thioether (sulfide) groups is 1. The molecule has 174 valence electrons. The monoisotopic (exact) mass is 517 g/mol. The van der Waals surface area contributed by atoms with Crippen molar-refractivity contribution in [3.8, 4) is 0 Å². The number of rotatable bonds is 10. The minimum absolute atomic E-state index is 0.0190. The zero-order valence-electron chi connectivity index (χ0n) is 17.7. The van der Waals surface area contributed by atoms with Gasteiger partial charge in [0, 0.05) is 10.3 Å². The van der Waals surface area contributed by atoms with Crippen LogP contribution in [0.1, 0.15) is 38.0 Å². The SMILES string of the molecule is CC(C)C[C@H](COP(=O)(O)O)Nc1nc(SC(C)c2ccccc2Cl)nc2nc(N)sc12. The van der Waals surface area contributed by atoms with Gasteiger partial charge in [-0.1, -0.05) is 66.7 Å². The topological polar surface area (TPSA) is 143 Å². The van der Waals surface area contributed by atoms with E-state index < -0.39 is 7.82 Å². The lowest BCUT2D eigenvalue weighted by atomic mass is 10.0. The molecule has 0 fully saturated rings. The normalized spacial score (nSPS) is 14.1. The Labute approximate surface area is 199 Å². The van der Waals surface area contributed by atoms with Crippen molar-refractivity contribution in [2.75, 3.05) is 17.7 Å². The van der Waals surface area contributed by atoms with Crippen molar-refractivity contribution in [3.63, 3.8) is 0 Å². The van der Waals surface area contributed by atoms with Crippen LogP contribution in [0.3, 0.4) is 0 Å². The number of benzene rings is 1. The largest absolute Gasteiger partial charge is 0.469 e. The maximum absolute atomic E-state index is 11.2.